The van der Waals surface area contributed by atoms with E-state index in [1.807, 2.05) is 24.3 Å². The van der Waals surface area contributed by atoms with Crippen LogP contribution in [0.15, 0.2) is 45.8 Å². The molecule has 9 heteroatoms. The van der Waals surface area contributed by atoms with E-state index in [4.69, 9.17) is 4.52 Å². The van der Waals surface area contributed by atoms with Crippen LogP contribution in [0, 0.1) is 13.8 Å². The molecule has 1 aromatic carbocycles. The van der Waals surface area contributed by atoms with E-state index >= 15 is 0 Å². The maximum Gasteiger partial charge on any atom is 0.267 e. The van der Waals surface area contributed by atoms with Gasteiger partial charge in [0.25, 0.3) is 10.0 Å². The number of nitrogens with zero attached hydrogens (tertiary/aromatic N) is 4. The Kier molecular flexibility index (Phi) is 5.23. The first kappa shape index (κ1) is 19.4. The summed E-state index contributed by atoms with van der Waals surface area (Å²) in [6.45, 7) is 5.21. The summed E-state index contributed by atoms with van der Waals surface area (Å²) in [5.74, 6) is 1.16. The molecule has 1 aliphatic heterocycles. The van der Waals surface area contributed by atoms with Crippen LogP contribution >= 0.6 is 0 Å². The van der Waals surface area contributed by atoms with Gasteiger partial charge in [-0.25, -0.2) is 8.42 Å². The van der Waals surface area contributed by atoms with Crippen LogP contribution in [-0.2, 0) is 10.0 Å². The molecule has 0 unspecified atom stereocenters. The zero-order valence-electron chi connectivity index (χ0n) is 16.4. The Morgan fingerprint density at radius 3 is 2.28 bits per heavy atom. The Labute approximate surface area is 170 Å². The molecule has 3 aromatic rings. The Balaban J connectivity index is 1.49. The average Bonchev–Trinajstić information content (AvgIpc) is 3.08. The van der Waals surface area contributed by atoms with E-state index in [1.54, 1.807) is 26.0 Å². The van der Waals surface area contributed by atoms with Crippen molar-refractivity contribution < 1.29 is 12.9 Å². The fraction of sp³-hybridized carbons (Fsp3) is 0.350. The van der Waals surface area contributed by atoms with Crippen molar-refractivity contribution in [2.24, 2.45) is 0 Å². The molecule has 1 N–H and O–H groups in total. The molecule has 0 amide bonds. The van der Waals surface area contributed by atoms with Gasteiger partial charge in [-0.05, 0) is 57.4 Å². The first-order valence-corrected chi connectivity index (χ1v) is 11.1. The summed E-state index contributed by atoms with van der Waals surface area (Å²) in [5, 5.41) is 12.4. The summed E-state index contributed by atoms with van der Waals surface area (Å²) in [5.41, 5.74) is 2.39. The Morgan fingerprint density at radius 2 is 1.69 bits per heavy atom. The quantitative estimate of drug-likeness (QED) is 0.682. The third-order valence-corrected chi connectivity index (χ3v) is 6.62. The van der Waals surface area contributed by atoms with Gasteiger partial charge in [0, 0.05) is 24.3 Å². The SMILES string of the molecule is Cc1noc(C)c1S(=O)(=O)Nc1ccc(-c2ccc(N3CCCCC3)nn2)cc1. The highest BCUT2D eigenvalue weighted by Gasteiger charge is 2.24. The molecular weight excluding hydrogens is 390 g/mol. The summed E-state index contributed by atoms with van der Waals surface area (Å²) >= 11 is 0. The number of piperidine rings is 1. The topological polar surface area (TPSA) is 101 Å². The minimum Gasteiger partial charge on any atom is -0.360 e. The monoisotopic (exact) mass is 413 g/mol. The first-order chi connectivity index (χ1) is 13.9. The molecule has 8 nitrogen and oxygen atoms in total. The van der Waals surface area contributed by atoms with E-state index < -0.39 is 10.0 Å². The van der Waals surface area contributed by atoms with Crippen LogP contribution in [0.1, 0.15) is 30.7 Å². The summed E-state index contributed by atoms with van der Waals surface area (Å²) in [7, 11) is -3.77. The van der Waals surface area contributed by atoms with Gasteiger partial charge in [0.2, 0.25) is 0 Å². The summed E-state index contributed by atoms with van der Waals surface area (Å²) < 4.78 is 32.7. The lowest BCUT2D eigenvalue weighted by molar-refractivity contribution is 0.390. The van der Waals surface area contributed by atoms with E-state index in [2.05, 4.69) is 25.0 Å². The molecule has 29 heavy (non-hydrogen) atoms. The second kappa shape index (κ2) is 7.82. The van der Waals surface area contributed by atoms with Crippen molar-refractivity contribution >= 4 is 21.5 Å². The first-order valence-electron chi connectivity index (χ1n) is 9.59. The molecule has 152 valence electrons. The van der Waals surface area contributed by atoms with Crippen LogP contribution < -0.4 is 9.62 Å². The number of hydrogen-bond donors (Lipinski definition) is 1. The number of aryl methyl sites for hydroxylation is 2. The summed E-state index contributed by atoms with van der Waals surface area (Å²) in [4.78, 5) is 2.33. The maximum absolute atomic E-state index is 12.6. The van der Waals surface area contributed by atoms with E-state index in [0.29, 0.717) is 11.4 Å². The van der Waals surface area contributed by atoms with Gasteiger partial charge >= 0.3 is 0 Å². The highest BCUT2D eigenvalue weighted by molar-refractivity contribution is 7.92. The largest absolute Gasteiger partial charge is 0.360 e. The van der Waals surface area contributed by atoms with Crippen molar-refractivity contribution in [2.75, 3.05) is 22.7 Å². The zero-order valence-corrected chi connectivity index (χ0v) is 17.2. The molecule has 3 heterocycles. The number of anilines is 2. The molecule has 0 spiro atoms. The van der Waals surface area contributed by atoms with Crippen molar-refractivity contribution in [3.63, 3.8) is 0 Å². The number of sulfonamides is 1. The molecule has 0 bridgehead atoms. The second-order valence-corrected chi connectivity index (χ2v) is 8.78. The molecule has 1 fully saturated rings. The Morgan fingerprint density at radius 1 is 0.966 bits per heavy atom. The van der Waals surface area contributed by atoms with Crippen LogP contribution in [0.25, 0.3) is 11.3 Å². The molecule has 1 saturated heterocycles. The maximum atomic E-state index is 12.6. The van der Waals surface area contributed by atoms with Gasteiger partial charge in [-0.15, -0.1) is 10.2 Å². The molecule has 4 rings (SSSR count). The van der Waals surface area contributed by atoms with Gasteiger partial charge < -0.3 is 9.42 Å². The van der Waals surface area contributed by atoms with Gasteiger partial charge in [0.05, 0.1) is 5.69 Å². The number of benzene rings is 1. The molecule has 0 saturated carbocycles. The van der Waals surface area contributed by atoms with Crippen molar-refractivity contribution in [2.45, 2.75) is 38.0 Å². The number of rotatable bonds is 5. The van der Waals surface area contributed by atoms with Gasteiger partial charge in [-0.1, -0.05) is 17.3 Å². The van der Waals surface area contributed by atoms with Gasteiger partial charge in [-0.2, -0.15) is 0 Å². The minimum atomic E-state index is -3.77. The van der Waals surface area contributed by atoms with Crippen LogP contribution in [0.4, 0.5) is 11.5 Å². The van der Waals surface area contributed by atoms with Crippen LogP contribution in [0.2, 0.25) is 0 Å². The minimum absolute atomic E-state index is 0.0701. The van der Waals surface area contributed by atoms with Crippen molar-refractivity contribution in [3.8, 4) is 11.3 Å². The second-order valence-electron chi connectivity index (χ2n) is 7.16. The average molecular weight is 414 g/mol. The van der Waals surface area contributed by atoms with Crippen molar-refractivity contribution in [1.82, 2.24) is 15.4 Å². The highest BCUT2D eigenvalue weighted by Crippen LogP contribution is 2.25. The fourth-order valence-corrected chi connectivity index (χ4v) is 4.93. The van der Waals surface area contributed by atoms with Gasteiger partial charge in [0.15, 0.2) is 16.5 Å². The molecule has 2 aromatic heterocycles. The smallest absolute Gasteiger partial charge is 0.267 e. The molecule has 1 aliphatic rings. The highest BCUT2D eigenvalue weighted by atomic mass is 32.2. The molecule has 0 aliphatic carbocycles. The normalized spacial score (nSPS) is 14.8. The van der Waals surface area contributed by atoms with E-state index in [0.717, 1.165) is 30.2 Å². The predicted octanol–water partition coefficient (Wildman–Crippen LogP) is 3.54. The number of hydrogen-bond acceptors (Lipinski definition) is 7. The fourth-order valence-electron chi connectivity index (χ4n) is 3.54. The Hall–Kier alpha value is -2.94. The third kappa shape index (κ3) is 4.09. The zero-order chi connectivity index (χ0) is 20.4. The summed E-state index contributed by atoms with van der Waals surface area (Å²) in [6.07, 6.45) is 3.65. The van der Waals surface area contributed by atoms with Crippen LogP contribution in [-0.4, -0.2) is 36.9 Å². The van der Waals surface area contributed by atoms with Crippen LogP contribution in [0.3, 0.4) is 0 Å². The number of aromatic nitrogens is 3. The van der Waals surface area contributed by atoms with E-state index in [9.17, 15) is 8.42 Å². The molecular formula is C20H23N5O3S. The van der Waals surface area contributed by atoms with Crippen molar-refractivity contribution in [3.05, 3.63) is 47.9 Å². The Bertz CT molecular complexity index is 1070. The molecule has 0 radical (unpaired) electrons. The lowest BCUT2D eigenvalue weighted by atomic mass is 10.1. The van der Waals surface area contributed by atoms with Crippen molar-refractivity contribution in [1.29, 1.82) is 0 Å². The standard InChI is InChI=1S/C20H23N5O3S/c1-14-20(15(2)28-23-14)29(26,27)24-17-8-6-16(7-9-17)18-10-11-19(22-21-18)25-12-4-3-5-13-25/h6-11,24H,3-5,12-13H2,1-2H3. The summed E-state index contributed by atoms with van der Waals surface area (Å²) in [6, 6.07) is 11.0. The lowest BCUT2D eigenvalue weighted by Crippen LogP contribution is -2.30. The lowest BCUT2D eigenvalue weighted by Gasteiger charge is -2.27. The van der Waals surface area contributed by atoms with Gasteiger partial charge in [-0.3, -0.25) is 4.72 Å². The van der Waals surface area contributed by atoms with E-state index in [1.165, 1.54) is 19.3 Å². The van der Waals surface area contributed by atoms with Gasteiger partial charge in [0.1, 0.15) is 5.69 Å². The third-order valence-electron chi connectivity index (χ3n) is 5.00. The predicted molar refractivity (Wildman–Crippen MR) is 110 cm³/mol. The van der Waals surface area contributed by atoms with Crippen LogP contribution in [0.5, 0.6) is 0 Å². The van der Waals surface area contributed by atoms with E-state index in [-0.39, 0.29) is 10.7 Å². The number of nitrogens with one attached hydrogen (secondary N) is 1. The molecule has 0 atom stereocenters.